The van der Waals surface area contributed by atoms with Crippen molar-refractivity contribution < 1.29 is 9.47 Å². The highest BCUT2D eigenvalue weighted by molar-refractivity contribution is 9.10. The van der Waals surface area contributed by atoms with Gasteiger partial charge in [-0.1, -0.05) is 23.7 Å². The lowest BCUT2D eigenvalue weighted by atomic mass is 10.2. The van der Waals surface area contributed by atoms with Crippen molar-refractivity contribution in [2.75, 3.05) is 13.2 Å². The molecule has 0 aliphatic carbocycles. The second-order valence-electron chi connectivity index (χ2n) is 4.48. The van der Waals surface area contributed by atoms with Crippen LogP contribution in [-0.4, -0.2) is 13.2 Å². The van der Waals surface area contributed by atoms with E-state index in [1.165, 1.54) is 0 Å². The molecule has 0 bridgehead atoms. The van der Waals surface area contributed by atoms with Gasteiger partial charge in [-0.15, -0.1) is 0 Å². The van der Waals surface area contributed by atoms with Crippen LogP contribution in [0, 0.1) is 0 Å². The molecule has 21 heavy (non-hydrogen) atoms. The molecule has 0 saturated carbocycles. The Labute approximate surface area is 138 Å². The molecule has 0 unspecified atom stereocenters. The average Bonchev–Trinajstić information content (AvgIpc) is 2.49. The van der Waals surface area contributed by atoms with Gasteiger partial charge in [0.2, 0.25) is 0 Å². The van der Waals surface area contributed by atoms with Crippen molar-refractivity contribution in [2.24, 2.45) is 5.73 Å². The maximum Gasteiger partial charge on any atom is 0.133 e. The molecule has 0 amide bonds. The number of nitrogens with two attached hydrogens (primary N) is 1. The zero-order valence-corrected chi connectivity index (χ0v) is 13.9. The van der Waals surface area contributed by atoms with Crippen LogP contribution in [0.5, 0.6) is 11.5 Å². The fourth-order valence-electron chi connectivity index (χ4n) is 1.79. The Morgan fingerprint density at radius 1 is 1.05 bits per heavy atom. The molecule has 0 radical (unpaired) electrons. The van der Waals surface area contributed by atoms with E-state index in [2.05, 4.69) is 15.9 Å². The Hall–Kier alpha value is -1.23. The van der Waals surface area contributed by atoms with E-state index in [9.17, 15) is 0 Å². The van der Waals surface area contributed by atoms with E-state index in [-0.39, 0.29) is 0 Å². The van der Waals surface area contributed by atoms with Gasteiger partial charge in [0.25, 0.3) is 0 Å². The van der Waals surface area contributed by atoms with E-state index in [1.54, 1.807) is 6.07 Å². The predicted octanol–water partition coefficient (Wildman–Crippen LogP) is 4.41. The molecule has 2 aromatic carbocycles. The van der Waals surface area contributed by atoms with E-state index >= 15 is 0 Å². The third-order valence-corrected chi connectivity index (χ3v) is 3.70. The molecule has 0 aliphatic rings. The SMILES string of the molecule is NCc1cccc(OCCCOc2ccc(Cl)cc2Br)c1. The summed E-state index contributed by atoms with van der Waals surface area (Å²) in [5.41, 5.74) is 6.66. The summed E-state index contributed by atoms with van der Waals surface area (Å²) in [6.45, 7) is 1.70. The zero-order chi connectivity index (χ0) is 15.1. The van der Waals surface area contributed by atoms with Gasteiger partial charge in [0.05, 0.1) is 17.7 Å². The molecule has 3 nitrogen and oxygen atoms in total. The van der Waals surface area contributed by atoms with Gasteiger partial charge in [-0.25, -0.2) is 0 Å². The highest BCUT2D eigenvalue weighted by Gasteiger charge is 2.02. The van der Waals surface area contributed by atoms with Crippen LogP contribution in [0.15, 0.2) is 46.9 Å². The fraction of sp³-hybridized carbons (Fsp3) is 0.250. The summed E-state index contributed by atoms with van der Waals surface area (Å²) in [7, 11) is 0. The first kappa shape index (κ1) is 16.1. The van der Waals surface area contributed by atoms with E-state index in [4.69, 9.17) is 26.8 Å². The van der Waals surface area contributed by atoms with Gasteiger partial charge in [0.1, 0.15) is 11.5 Å². The molecule has 112 valence electrons. The lowest BCUT2D eigenvalue weighted by Gasteiger charge is -2.10. The molecule has 2 N–H and O–H groups in total. The molecule has 0 saturated heterocycles. The third kappa shape index (κ3) is 5.23. The molecule has 5 heteroatoms. The Balaban J connectivity index is 1.72. The summed E-state index contributed by atoms with van der Waals surface area (Å²) in [5, 5.41) is 0.678. The number of rotatable bonds is 7. The monoisotopic (exact) mass is 369 g/mol. The van der Waals surface area contributed by atoms with Crippen LogP contribution in [0.2, 0.25) is 5.02 Å². The molecule has 0 aromatic heterocycles. The van der Waals surface area contributed by atoms with Crippen molar-refractivity contribution in [1.82, 2.24) is 0 Å². The van der Waals surface area contributed by atoms with Crippen LogP contribution in [0.3, 0.4) is 0 Å². The highest BCUT2D eigenvalue weighted by Crippen LogP contribution is 2.28. The van der Waals surface area contributed by atoms with Crippen molar-refractivity contribution >= 4 is 27.5 Å². The first-order chi connectivity index (χ1) is 10.2. The van der Waals surface area contributed by atoms with Gasteiger partial charge < -0.3 is 15.2 Å². The summed E-state index contributed by atoms with van der Waals surface area (Å²) >= 11 is 9.30. The van der Waals surface area contributed by atoms with Crippen molar-refractivity contribution in [2.45, 2.75) is 13.0 Å². The zero-order valence-electron chi connectivity index (χ0n) is 11.5. The minimum absolute atomic E-state index is 0.519. The second-order valence-corrected chi connectivity index (χ2v) is 5.77. The number of ether oxygens (including phenoxy) is 2. The lowest BCUT2D eigenvalue weighted by molar-refractivity contribution is 0.246. The Morgan fingerprint density at radius 3 is 2.62 bits per heavy atom. The Morgan fingerprint density at radius 2 is 1.86 bits per heavy atom. The van der Waals surface area contributed by atoms with Gasteiger partial charge in [0, 0.05) is 18.0 Å². The Kier molecular flexibility index (Phi) is 6.36. The summed E-state index contributed by atoms with van der Waals surface area (Å²) in [5.74, 6) is 1.62. The van der Waals surface area contributed by atoms with E-state index in [0.29, 0.717) is 24.8 Å². The van der Waals surface area contributed by atoms with Crippen LogP contribution in [0.25, 0.3) is 0 Å². The van der Waals surface area contributed by atoms with Crippen molar-refractivity contribution in [3.05, 3.63) is 57.5 Å². The maximum atomic E-state index is 5.88. The summed E-state index contributed by atoms with van der Waals surface area (Å²) < 4.78 is 12.2. The van der Waals surface area contributed by atoms with Crippen molar-refractivity contribution in [1.29, 1.82) is 0 Å². The van der Waals surface area contributed by atoms with E-state index in [1.807, 2.05) is 36.4 Å². The molecule has 2 rings (SSSR count). The van der Waals surface area contributed by atoms with E-state index < -0.39 is 0 Å². The normalized spacial score (nSPS) is 10.4. The molecule has 0 aliphatic heterocycles. The van der Waals surface area contributed by atoms with Gasteiger partial charge in [-0.2, -0.15) is 0 Å². The Bertz CT molecular complexity index is 592. The van der Waals surface area contributed by atoms with Gasteiger partial charge in [0.15, 0.2) is 0 Å². The quantitative estimate of drug-likeness (QED) is 0.734. The number of benzene rings is 2. The topological polar surface area (TPSA) is 44.5 Å². The second kappa shape index (κ2) is 8.27. The number of hydrogen-bond donors (Lipinski definition) is 1. The molecule has 0 spiro atoms. The molecular formula is C16H17BrClNO2. The largest absolute Gasteiger partial charge is 0.493 e. The first-order valence-corrected chi connectivity index (χ1v) is 7.86. The lowest BCUT2D eigenvalue weighted by Crippen LogP contribution is -2.05. The minimum atomic E-state index is 0.519. The highest BCUT2D eigenvalue weighted by atomic mass is 79.9. The number of hydrogen-bond acceptors (Lipinski definition) is 3. The number of halogens is 2. The summed E-state index contributed by atoms with van der Waals surface area (Å²) in [6.07, 6.45) is 0.794. The predicted molar refractivity (Wildman–Crippen MR) is 89.1 cm³/mol. The smallest absolute Gasteiger partial charge is 0.133 e. The van der Waals surface area contributed by atoms with Gasteiger partial charge in [-0.05, 0) is 51.8 Å². The van der Waals surface area contributed by atoms with Crippen molar-refractivity contribution in [3.8, 4) is 11.5 Å². The van der Waals surface area contributed by atoms with Crippen LogP contribution < -0.4 is 15.2 Å². The standard InChI is InChI=1S/C16H17BrClNO2/c17-15-10-13(18)5-6-16(15)21-8-2-7-20-14-4-1-3-12(9-14)11-19/h1,3-6,9-10H,2,7-8,11,19H2. The minimum Gasteiger partial charge on any atom is -0.493 e. The van der Waals surface area contributed by atoms with Crippen LogP contribution in [-0.2, 0) is 6.54 Å². The molecule has 0 fully saturated rings. The molecule has 0 atom stereocenters. The molecular weight excluding hydrogens is 354 g/mol. The van der Waals surface area contributed by atoms with Crippen LogP contribution in [0.4, 0.5) is 0 Å². The first-order valence-electron chi connectivity index (χ1n) is 6.68. The average molecular weight is 371 g/mol. The summed E-state index contributed by atoms with van der Waals surface area (Å²) in [4.78, 5) is 0. The fourth-order valence-corrected chi connectivity index (χ4v) is 2.58. The third-order valence-electron chi connectivity index (χ3n) is 2.84. The van der Waals surface area contributed by atoms with Gasteiger partial charge in [-0.3, -0.25) is 0 Å². The summed E-state index contributed by atoms with van der Waals surface area (Å²) in [6, 6.07) is 13.3. The van der Waals surface area contributed by atoms with Crippen LogP contribution >= 0.6 is 27.5 Å². The molecule has 2 aromatic rings. The van der Waals surface area contributed by atoms with Crippen LogP contribution in [0.1, 0.15) is 12.0 Å². The maximum absolute atomic E-state index is 5.88. The van der Waals surface area contributed by atoms with Gasteiger partial charge >= 0.3 is 0 Å². The van der Waals surface area contributed by atoms with Crippen molar-refractivity contribution in [3.63, 3.8) is 0 Å². The molecule has 0 heterocycles. The van der Waals surface area contributed by atoms with E-state index in [0.717, 1.165) is 28.0 Å².